The van der Waals surface area contributed by atoms with E-state index in [1.807, 2.05) is 11.3 Å². The SMILES string of the molecule is CC(C)(CNC1C(C)(C)[C@H]2CC[C@]1(C)C2)c1cccs1. The molecule has 0 aromatic carbocycles. The maximum atomic E-state index is 3.98. The van der Waals surface area contributed by atoms with Crippen LogP contribution < -0.4 is 5.32 Å². The largest absolute Gasteiger partial charge is 0.312 e. The van der Waals surface area contributed by atoms with Crippen LogP contribution in [0.3, 0.4) is 0 Å². The number of hydrogen-bond donors (Lipinski definition) is 1. The van der Waals surface area contributed by atoms with E-state index in [0.29, 0.717) is 16.9 Å². The Morgan fingerprint density at radius 1 is 1.35 bits per heavy atom. The molecule has 112 valence electrons. The molecule has 2 saturated carbocycles. The van der Waals surface area contributed by atoms with Gasteiger partial charge in [-0.1, -0.05) is 40.7 Å². The summed E-state index contributed by atoms with van der Waals surface area (Å²) in [6, 6.07) is 5.12. The van der Waals surface area contributed by atoms with Crippen LogP contribution in [0.4, 0.5) is 0 Å². The van der Waals surface area contributed by atoms with Gasteiger partial charge in [0.15, 0.2) is 0 Å². The van der Waals surface area contributed by atoms with Crippen LogP contribution in [0.2, 0.25) is 0 Å². The Kier molecular flexibility index (Phi) is 3.34. The van der Waals surface area contributed by atoms with Crippen LogP contribution in [0.15, 0.2) is 17.5 Å². The Bertz CT molecular complexity index is 469. The van der Waals surface area contributed by atoms with E-state index in [1.165, 1.54) is 24.1 Å². The van der Waals surface area contributed by atoms with Crippen molar-refractivity contribution in [1.82, 2.24) is 5.32 Å². The van der Waals surface area contributed by atoms with E-state index in [9.17, 15) is 0 Å². The minimum absolute atomic E-state index is 0.239. The lowest BCUT2D eigenvalue weighted by molar-refractivity contribution is 0.105. The first kappa shape index (κ1) is 14.6. The lowest BCUT2D eigenvalue weighted by Gasteiger charge is -2.44. The maximum Gasteiger partial charge on any atom is 0.0175 e. The molecule has 1 aromatic rings. The van der Waals surface area contributed by atoms with Gasteiger partial charge in [-0.25, -0.2) is 0 Å². The van der Waals surface area contributed by atoms with Gasteiger partial charge in [-0.15, -0.1) is 11.3 Å². The Hall–Kier alpha value is -0.340. The highest BCUT2D eigenvalue weighted by Gasteiger charge is 2.59. The lowest BCUT2D eigenvalue weighted by Crippen LogP contribution is -2.53. The van der Waals surface area contributed by atoms with Crippen molar-refractivity contribution in [2.45, 2.75) is 65.3 Å². The second kappa shape index (κ2) is 4.58. The summed E-state index contributed by atoms with van der Waals surface area (Å²) < 4.78 is 0. The number of thiophene rings is 1. The molecule has 1 N–H and O–H groups in total. The van der Waals surface area contributed by atoms with Gasteiger partial charge in [-0.05, 0) is 47.5 Å². The fourth-order valence-corrected chi connectivity index (χ4v) is 5.77. The minimum atomic E-state index is 0.239. The van der Waals surface area contributed by atoms with Gasteiger partial charge in [-0.2, -0.15) is 0 Å². The molecule has 2 aliphatic rings. The minimum Gasteiger partial charge on any atom is -0.312 e. The topological polar surface area (TPSA) is 12.0 Å². The summed E-state index contributed by atoms with van der Waals surface area (Å²) in [6.07, 6.45) is 4.28. The quantitative estimate of drug-likeness (QED) is 0.838. The highest BCUT2D eigenvalue weighted by molar-refractivity contribution is 7.10. The van der Waals surface area contributed by atoms with Crippen molar-refractivity contribution in [2.75, 3.05) is 6.54 Å². The van der Waals surface area contributed by atoms with E-state index >= 15 is 0 Å². The molecule has 2 heteroatoms. The highest BCUT2D eigenvalue weighted by Crippen LogP contribution is 2.62. The average molecular weight is 292 g/mol. The van der Waals surface area contributed by atoms with Crippen LogP contribution in [-0.4, -0.2) is 12.6 Å². The summed E-state index contributed by atoms with van der Waals surface area (Å²) in [5.74, 6) is 0.926. The van der Waals surface area contributed by atoms with E-state index in [0.717, 1.165) is 12.5 Å². The smallest absolute Gasteiger partial charge is 0.0175 e. The van der Waals surface area contributed by atoms with Crippen molar-refractivity contribution in [3.8, 4) is 0 Å². The third-order valence-corrected chi connectivity index (χ3v) is 7.44. The molecule has 1 unspecified atom stereocenters. The first-order chi connectivity index (χ1) is 9.26. The number of hydrogen-bond acceptors (Lipinski definition) is 2. The zero-order valence-corrected chi connectivity index (χ0v) is 14.4. The molecule has 2 bridgehead atoms. The standard InChI is InChI=1S/C18H29NS/c1-16(2,14-7-6-10-20-14)12-19-15-17(3,4)13-8-9-18(15,5)11-13/h6-7,10,13,15,19H,8-9,11-12H2,1-5H3/t13-,15?,18+/m0/s1. The van der Waals surface area contributed by atoms with Gasteiger partial charge in [0.05, 0.1) is 0 Å². The van der Waals surface area contributed by atoms with Crippen LogP contribution in [0.5, 0.6) is 0 Å². The number of fused-ring (bicyclic) bond motifs is 2. The zero-order chi connectivity index (χ0) is 14.6. The van der Waals surface area contributed by atoms with Crippen molar-refractivity contribution in [3.05, 3.63) is 22.4 Å². The van der Waals surface area contributed by atoms with E-state index in [2.05, 4.69) is 57.4 Å². The molecular weight excluding hydrogens is 262 g/mol. The van der Waals surface area contributed by atoms with E-state index < -0.39 is 0 Å². The van der Waals surface area contributed by atoms with Crippen LogP contribution in [-0.2, 0) is 5.41 Å². The van der Waals surface area contributed by atoms with Gasteiger partial charge in [-0.3, -0.25) is 0 Å². The summed E-state index contributed by atoms with van der Waals surface area (Å²) in [5, 5.41) is 6.17. The maximum absolute atomic E-state index is 3.98. The van der Waals surface area contributed by atoms with Crippen molar-refractivity contribution in [3.63, 3.8) is 0 Å². The zero-order valence-electron chi connectivity index (χ0n) is 13.6. The molecule has 20 heavy (non-hydrogen) atoms. The van der Waals surface area contributed by atoms with Gasteiger partial charge in [0.1, 0.15) is 0 Å². The Morgan fingerprint density at radius 2 is 2.10 bits per heavy atom. The molecule has 1 nitrogen and oxygen atoms in total. The molecule has 0 amide bonds. The predicted octanol–water partition coefficient (Wildman–Crippen LogP) is 4.83. The van der Waals surface area contributed by atoms with Gasteiger partial charge >= 0.3 is 0 Å². The van der Waals surface area contributed by atoms with Crippen molar-refractivity contribution >= 4 is 11.3 Å². The molecule has 2 aliphatic carbocycles. The van der Waals surface area contributed by atoms with Gasteiger partial charge in [0.2, 0.25) is 0 Å². The molecule has 2 fully saturated rings. The summed E-state index contributed by atoms with van der Waals surface area (Å²) >= 11 is 1.89. The van der Waals surface area contributed by atoms with Crippen LogP contribution in [0.1, 0.15) is 58.8 Å². The van der Waals surface area contributed by atoms with Crippen molar-refractivity contribution in [2.24, 2.45) is 16.7 Å². The van der Waals surface area contributed by atoms with Crippen LogP contribution in [0, 0.1) is 16.7 Å². The normalized spacial score (nSPS) is 35.6. The summed E-state index contributed by atoms with van der Waals surface area (Å²) in [4.78, 5) is 1.50. The summed E-state index contributed by atoms with van der Waals surface area (Å²) in [7, 11) is 0. The second-order valence-electron chi connectivity index (χ2n) is 8.59. The monoisotopic (exact) mass is 291 g/mol. The number of nitrogens with one attached hydrogen (secondary N) is 1. The summed E-state index contributed by atoms with van der Waals surface area (Å²) in [5.41, 5.74) is 1.22. The molecule has 0 saturated heterocycles. The first-order valence-corrected chi connectivity index (χ1v) is 8.91. The van der Waals surface area contributed by atoms with E-state index in [-0.39, 0.29) is 5.41 Å². The molecule has 0 aliphatic heterocycles. The van der Waals surface area contributed by atoms with Gasteiger partial charge in [0.25, 0.3) is 0 Å². The van der Waals surface area contributed by atoms with Crippen molar-refractivity contribution in [1.29, 1.82) is 0 Å². The molecule has 3 rings (SSSR count). The number of rotatable bonds is 4. The predicted molar refractivity (Wildman–Crippen MR) is 88.4 cm³/mol. The van der Waals surface area contributed by atoms with E-state index in [4.69, 9.17) is 0 Å². The molecule has 0 radical (unpaired) electrons. The third kappa shape index (κ3) is 2.16. The fraction of sp³-hybridized carbons (Fsp3) is 0.778. The van der Waals surface area contributed by atoms with Gasteiger partial charge in [0, 0.05) is 22.9 Å². The first-order valence-electron chi connectivity index (χ1n) is 8.03. The van der Waals surface area contributed by atoms with Crippen molar-refractivity contribution < 1.29 is 0 Å². The summed E-state index contributed by atoms with van der Waals surface area (Å²) in [6.45, 7) is 13.3. The Morgan fingerprint density at radius 3 is 2.65 bits per heavy atom. The highest BCUT2D eigenvalue weighted by atomic mass is 32.1. The van der Waals surface area contributed by atoms with Gasteiger partial charge < -0.3 is 5.32 Å². The second-order valence-corrected chi connectivity index (χ2v) is 9.54. The average Bonchev–Trinajstić information content (AvgIpc) is 3.00. The van der Waals surface area contributed by atoms with Crippen LogP contribution >= 0.6 is 11.3 Å². The lowest BCUT2D eigenvalue weighted by atomic mass is 9.68. The molecule has 1 aromatic heterocycles. The molecule has 3 atom stereocenters. The third-order valence-electron chi connectivity index (χ3n) is 6.21. The Balaban J connectivity index is 1.72. The molecule has 1 heterocycles. The Labute approximate surface area is 128 Å². The molecule has 0 spiro atoms. The van der Waals surface area contributed by atoms with Crippen LogP contribution in [0.25, 0.3) is 0 Å². The van der Waals surface area contributed by atoms with E-state index in [1.54, 1.807) is 0 Å². The fourth-order valence-electron chi connectivity index (χ4n) is 4.92. The molecular formula is C18H29NS.